The van der Waals surface area contributed by atoms with Crippen molar-refractivity contribution in [3.05, 3.63) is 78.5 Å². The number of nitrogens with two attached hydrogens (primary N) is 1. The third kappa shape index (κ3) is 6.20. The predicted molar refractivity (Wildman–Crippen MR) is 148 cm³/mol. The first-order valence-corrected chi connectivity index (χ1v) is 12.6. The van der Waals surface area contributed by atoms with Gasteiger partial charge < -0.3 is 15.8 Å². The number of nitrogens with zero attached hydrogens (tertiary/aromatic N) is 6. The Morgan fingerprint density at radius 2 is 1.92 bits per heavy atom. The maximum atomic E-state index is 13.4. The van der Waals surface area contributed by atoms with Crippen LogP contribution in [-0.4, -0.2) is 76.1 Å². The summed E-state index contributed by atoms with van der Waals surface area (Å²) in [5.74, 6) is 1.33. The van der Waals surface area contributed by atoms with Gasteiger partial charge in [-0.15, -0.1) is 0 Å². The van der Waals surface area contributed by atoms with Crippen LogP contribution in [0.3, 0.4) is 0 Å². The monoisotopic (exact) mass is 532 g/mol. The van der Waals surface area contributed by atoms with Gasteiger partial charge in [0.2, 0.25) is 0 Å². The number of alkyl halides is 2. The van der Waals surface area contributed by atoms with Gasteiger partial charge in [-0.25, -0.2) is 23.7 Å². The Morgan fingerprint density at radius 1 is 1.13 bits per heavy atom. The number of aromatic nitrogens is 4. The van der Waals surface area contributed by atoms with Crippen molar-refractivity contribution in [2.45, 2.75) is 18.9 Å². The van der Waals surface area contributed by atoms with Crippen molar-refractivity contribution in [2.24, 2.45) is 10.7 Å². The molecule has 5 rings (SSSR count). The fourth-order valence-electron chi connectivity index (χ4n) is 4.47. The molecule has 0 aliphatic carbocycles. The number of imidazole rings is 1. The molecule has 202 valence electrons. The van der Waals surface area contributed by atoms with E-state index in [1.54, 1.807) is 24.4 Å². The first kappa shape index (κ1) is 26.2. The first-order chi connectivity index (χ1) is 19.0. The summed E-state index contributed by atoms with van der Waals surface area (Å²) in [7, 11) is 1.71. The summed E-state index contributed by atoms with van der Waals surface area (Å²) in [6, 6.07) is 13.6. The number of ether oxygens (including phenoxy) is 1. The number of likely N-dealkylation sites (tertiary alicyclic amines) is 1. The first-order valence-electron chi connectivity index (χ1n) is 12.6. The molecule has 1 aliphatic rings. The average molecular weight is 533 g/mol. The standard InChI is InChI=1S/C28H30F2N8O/c1-32-14-21(12-31)20-4-2-19(3-5-20)13-33-27-11-25(35-18-36-27)26-15-34-28-10-22(6-7-38(26)28)39-9-8-37-16-23(29)24(30)17-37/h2-7,10-12,14-15,18,23-24H,8-9,13,16-17,31H2,1H3,(H,33,35,36)/t23-,24+. The van der Waals surface area contributed by atoms with Crippen LogP contribution in [0.1, 0.15) is 11.1 Å². The SMILES string of the molecule is CN=CC(=CN)c1ccc(CNc2cc(-c3cnc4cc(OCCN5C[C@@H](F)[C@@H](F)C5)ccn34)ncn2)cc1. The molecule has 4 aromatic rings. The summed E-state index contributed by atoms with van der Waals surface area (Å²) in [6.45, 7) is 1.61. The highest BCUT2D eigenvalue weighted by Gasteiger charge is 2.32. The predicted octanol–water partition coefficient (Wildman–Crippen LogP) is 3.77. The Bertz CT molecular complexity index is 1460. The number of halogens is 2. The third-order valence-corrected chi connectivity index (χ3v) is 6.56. The molecule has 1 aliphatic heterocycles. The third-order valence-electron chi connectivity index (χ3n) is 6.56. The van der Waals surface area contributed by atoms with E-state index >= 15 is 0 Å². The second-order valence-corrected chi connectivity index (χ2v) is 9.22. The van der Waals surface area contributed by atoms with Crippen LogP contribution in [0.4, 0.5) is 14.6 Å². The molecular weight excluding hydrogens is 502 g/mol. The molecule has 39 heavy (non-hydrogen) atoms. The molecule has 0 bridgehead atoms. The van der Waals surface area contributed by atoms with E-state index in [4.69, 9.17) is 10.5 Å². The maximum Gasteiger partial charge on any atom is 0.145 e. The molecule has 0 spiro atoms. The molecule has 3 aromatic heterocycles. The van der Waals surface area contributed by atoms with Crippen molar-refractivity contribution in [1.82, 2.24) is 24.3 Å². The summed E-state index contributed by atoms with van der Waals surface area (Å²) in [5.41, 5.74) is 10.9. The van der Waals surface area contributed by atoms with Gasteiger partial charge in [-0.1, -0.05) is 24.3 Å². The van der Waals surface area contributed by atoms with Gasteiger partial charge in [-0.05, 0) is 17.2 Å². The molecule has 11 heteroatoms. The number of hydrogen-bond donors (Lipinski definition) is 2. The van der Waals surface area contributed by atoms with Gasteiger partial charge in [0.1, 0.15) is 42.5 Å². The van der Waals surface area contributed by atoms with Crippen molar-refractivity contribution in [2.75, 3.05) is 38.6 Å². The van der Waals surface area contributed by atoms with Crippen LogP contribution in [0.2, 0.25) is 0 Å². The van der Waals surface area contributed by atoms with Gasteiger partial charge >= 0.3 is 0 Å². The van der Waals surface area contributed by atoms with E-state index < -0.39 is 12.3 Å². The van der Waals surface area contributed by atoms with Gasteiger partial charge in [-0.2, -0.15) is 0 Å². The lowest BCUT2D eigenvalue weighted by atomic mass is 10.1. The number of aliphatic imine (C=N–C) groups is 1. The summed E-state index contributed by atoms with van der Waals surface area (Å²) >= 11 is 0. The fourth-order valence-corrected chi connectivity index (χ4v) is 4.47. The molecule has 9 nitrogen and oxygen atoms in total. The minimum Gasteiger partial charge on any atom is -0.492 e. The van der Waals surface area contributed by atoms with E-state index in [0.29, 0.717) is 36.9 Å². The Morgan fingerprint density at radius 3 is 2.67 bits per heavy atom. The van der Waals surface area contributed by atoms with E-state index in [0.717, 1.165) is 28.1 Å². The Kier molecular flexibility index (Phi) is 8.07. The summed E-state index contributed by atoms with van der Waals surface area (Å²) < 4.78 is 34.4. The largest absolute Gasteiger partial charge is 0.492 e. The van der Waals surface area contributed by atoms with E-state index in [1.165, 1.54) is 12.5 Å². The number of nitrogens with one attached hydrogen (secondary N) is 1. The van der Waals surface area contributed by atoms with Crippen LogP contribution in [0.25, 0.3) is 22.6 Å². The van der Waals surface area contributed by atoms with Crippen molar-refractivity contribution < 1.29 is 13.5 Å². The van der Waals surface area contributed by atoms with Gasteiger partial charge in [0.25, 0.3) is 0 Å². The van der Waals surface area contributed by atoms with Gasteiger partial charge in [-0.3, -0.25) is 14.3 Å². The highest BCUT2D eigenvalue weighted by atomic mass is 19.2. The Hall–Kier alpha value is -4.38. The molecular formula is C28H30F2N8O. The molecule has 0 saturated carbocycles. The molecule has 0 unspecified atom stereocenters. The topological polar surface area (TPSA) is 106 Å². The number of benzene rings is 1. The minimum absolute atomic E-state index is 0.108. The zero-order chi connectivity index (χ0) is 27.2. The lowest BCUT2D eigenvalue weighted by Gasteiger charge is -2.14. The second kappa shape index (κ2) is 12.0. The highest BCUT2D eigenvalue weighted by molar-refractivity contribution is 6.09. The molecule has 0 radical (unpaired) electrons. The Labute approximate surface area is 225 Å². The van der Waals surface area contributed by atoms with Crippen molar-refractivity contribution in [3.63, 3.8) is 0 Å². The number of hydrogen-bond acceptors (Lipinski definition) is 8. The minimum atomic E-state index is -1.41. The average Bonchev–Trinajstić information content (AvgIpc) is 3.52. The number of rotatable bonds is 10. The van der Waals surface area contributed by atoms with Gasteiger partial charge in [0.15, 0.2) is 0 Å². The summed E-state index contributed by atoms with van der Waals surface area (Å²) in [4.78, 5) is 19.0. The van der Waals surface area contributed by atoms with Gasteiger partial charge in [0, 0.05) is 69.5 Å². The lowest BCUT2D eigenvalue weighted by Crippen LogP contribution is -2.26. The number of fused-ring (bicyclic) bond motifs is 1. The van der Waals surface area contributed by atoms with Crippen LogP contribution in [0.15, 0.2) is 72.4 Å². The number of pyridine rings is 1. The highest BCUT2D eigenvalue weighted by Crippen LogP contribution is 2.24. The van der Waals surface area contributed by atoms with Gasteiger partial charge in [0.05, 0.1) is 17.6 Å². The van der Waals surface area contributed by atoms with E-state index in [9.17, 15) is 8.78 Å². The summed E-state index contributed by atoms with van der Waals surface area (Å²) in [5, 5.41) is 3.34. The summed E-state index contributed by atoms with van der Waals surface area (Å²) in [6.07, 6.45) is 5.57. The van der Waals surface area contributed by atoms with E-state index in [2.05, 4.69) is 25.3 Å². The van der Waals surface area contributed by atoms with Crippen LogP contribution < -0.4 is 15.8 Å². The Balaban J connectivity index is 1.21. The van der Waals surface area contributed by atoms with Crippen LogP contribution in [0.5, 0.6) is 5.75 Å². The zero-order valence-electron chi connectivity index (χ0n) is 21.5. The van der Waals surface area contributed by atoms with Crippen LogP contribution in [-0.2, 0) is 6.54 Å². The zero-order valence-corrected chi connectivity index (χ0v) is 21.5. The van der Waals surface area contributed by atoms with E-state index in [-0.39, 0.29) is 13.1 Å². The number of allylic oxidation sites excluding steroid dienone is 1. The van der Waals surface area contributed by atoms with Crippen molar-refractivity contribution in [1.29, 1.82) is 0 Å². The number of anilines is 1. The normalized spacial score (nSPS) is 18.3. The van der Waals surface area contributed by atoms with Crippen molar-refractivity contribution >= 4 is 23.3 Å². The molecule has 3 N–H and O–H groups in total. The smallest absolute Gasteiger partial charge is 0.145 e. The second-order valence-electron chi connectivity index (χ2n) is 9.22. The fraction of sp³-hybridized carbons (Fsp3) is 0.286. The quantitative estimate of drug-likeness (QED) is 0.300. The maximum absolute atomic E-state index is 13.4. The molecule has 0 amide bonds. The van der Waals surface area contributed by atoms with E-state index in [1.807, 2.05) is 53.1 Å². The molecule has 1 saturated heterocycles. The van der Waals surface area contributed by atoms with Crippen molar-refractivity contribution in [3.8, 4) is 17.1 Å². The molecule has 1 fully saturated rings. The van der Waals surface area contributed by atoms with Crippen LogP contribution >= 0.6 is 0 Å². The van der Waals surface area contributed by atoms with Crippen LogP contribution in [0, 0.1) is 0 Å². The molecule has 1 aromatic carbocycles. The molecule has 4 heterocycles. The lowest BCUT2D eigenvalue weighted by molar-refractivity contribution is 0.217. The molecule has 2 atom stereocenters.